The minimum atomic E-state index is -0.190. The summed E-state index contributed by atoms with van der Waals surface area (Å²) in [6, 6.07) is 15.1. The topological polar surface area (TPSA) is 56.8 Å². The summed E-state index contributed by atoms with van der Waals surface area (Å²) in [4.78, 5) is 35.0. The van der Waals surface area contributed by atoms with Gasteiger partial charge in [-0.15, -0.1) is 0 Å². The summed E-state index contributed by atoms with van der Waals surface area (Å²) in [5.74, 6) is -0.142. The van der Waals surface area contributed by atoms with Crippen molar-refractivity contribution >= 4 is 17.6 Å². The first-order chi connectivity index (χ1) is 12.7. The number of amides is 3. The number of para-hydroxylation sites is 1. The van der Waals surface area contributed by atoms with Crippen LogP contribution in [0.25, 0.3) is 0 Å². The minimum Gasteiger partial charge on any atom is -0.312 e. The molecule has 4 rings (SSSR count). The van der Waals surface area contributed by atoms with Crippen molar-refractivity contribution < 1.29 is 9.59 Å². The number of imide groups is 1. The molecule has 0 radical (unpaired) electrons. The van der Waals surface area contributed by atoms with Gasteiger partial charge in [-0.05, 0) is 37.1 Å². The molecular weight excluding hydrogens is 328 g/mol. The summed E-state index contributed by atoms with van der Waals surface area (Å²) >= 11 is 0. The Hall–Kier alpha value is -2.73. The second-order valence-electron chi connectivity index (χ2n) is 6.80. The van der Waals surface area contributed by atoms with E-state index in [1.54, 1.807) is 17.0 Å². The van der Waals surface area contributed by atoms with Crippen LogP contribution < -0.4 is 4.90 Å². The molecule has 0 spiro atoms. The van der Waals surface area contributed by atoms with Crippen LogP contribution in [-0.2, 0) is 11.3 Å². The van der Waals surface area contributed by atoms with Gasteiger partial charge in [-0.1, -0.05) is 24.3 Å². The molecule has 0 unspecified atom stereocenters. The van der Waals surface area contributed by atoms with Gasteiger partial charge in [0.05, 0.1) is 11.4 Å². The maximum absolute atomic E-state index is 12.8. The van der Waals surface area contributed by atoms with Gasteiger partial charge in [0.2, 0.25) is 0 Å². The van der Waals surface area contributed by atoms with Gasteiger partial charge in [0, 0.05) is 31.9 Å². The number of carbonyl (C=O) groups excluding carboxylic acids is 2. The second-order valence-corrected chi connectivity index (χ2v) is 6.80. The van der Waals surface area contributed by atoms with Gasteiger partial charge in [0.1, 0.15) is 6.54 Å². The molecule has 0 N–H and O–H groups in total. The van der Waals surface area contributed by atoms with Gasteiger partial charge in [0.15, 0.2) is 0 Å². The molecule has 2 fully saturated rings. The highest BCUT2D eigenvalue weighted by Crippen LogP contribution is 2.26. The van der Waals surface area contributed by atoms with E-state index in [2.05, 4.69) is 9.88 Å². The van der Waals surface area contributed by atoms with E-state index in [-0.39, 0.29) is 24.5 Å². The number of benzene rings is 1. The Morgan fingerprint density at radius 2 is 1.69 bits per heavy atom. The van der Waals surface area contributed by atoms with E-state index >= 15 is 0 Å². The Morgan fingerprint density at radius 3 is 2.38 bits per heavy atom. The van der Waals surface area contributed by atoms with Crippen molar-refractivity contribution in [2.75, 3.05) is 24.5 Å². The van der Waals surface area contributed by atoms with Crippen LogP contribution in [0.2, 0.25) is 0 Å². The molecule has 2 saturated heterocycles. The zero-order valence-electron chi connectivity index (χ0n) is 14.6. The van der Waals surface area contributed by atoms with Crippen LogP contribution in [0.4, 0.5) is 10.5 Å². The molecular formula is C20H22N4O2. The highest BCUT2D eigenvalue weighted by atomic mass is 16.2. The molecule has 134 valence electrons. The molecule has 1 aromatic heterocycles. The van der Waals surface area contributed by atoms with Crippen molar-refractivity contribution in [2.24, 2.45) is 0 Å². The molecule has 6 nitrogen and oxygen atoms in total. The number of piperidine rings is 1. The third kappa shape index (κ3) is 3.32. The van der Waals surface area contributed by atoms with Crippen LogP contribution >= 0.6 is 0 Å². The molecule has 1 aromatic carbocycles. The van der Waals surface area contributed by atoms with E-state index in [1.165, 1.54) is 4.90 Å². The van der Waals surface area contributed by atoms with Crippen molar-refractivity contribution in [1.82, 2.24) is 14.8 Å². The first kappa shape index (κ1) is 16.7. The smallest absolute Gasteiger partial charge is 0.312 e. The van der Waals surface area contributed by atoms with Gasteiger partial charge in [-0.25, -0.2) is 9.69 Å². The summed E-state index contributed by atoms with van der Waals surface area (Å²) in [6.07, 6.45) is 3.58. The van der Waals surface area contributed by atoms with Crippen LogP contribution in [0.1, 0.15) is 18.5 Å². The Balaban J connectivity index is 1.37. The highest BCUT2D eigenvalue weighted by molar-refractivity contribution is 6.19. The zero-order chi connectivity index (χ0) is 17.9. The first-order valence-corrected chi connectivity index (χ1v) is 9.03. The number of rotatable bonds is 4. The van der Waals surface area contributed by atoms with Crippen LogP contribution in [0.15, 0.2) is 54.7 Å². The average molecular weight is 350 g/mol. The molecule has 6 heteroatoms. The van der Waals surface area contributed by atoms with Crippen LogP contribution in [0.3, 0.4) is 0 Å². The number of urea groups is 1. The van der Waals surface area contributed by atoms with Crippen molar-refractivity contribution in [3.8, 4) is 0 Å². The number of hydrogen-bond donors (Lipinski definition) is 0. The molecule has 0 atom stereocenters. The number of pyridine rings is 1. The predicted molar refractivity (Wildman–Crippen MR) is 98.6 cm³/mol. The lowest BCUT2D eigenvalue weighted by atomic mass is 10.0. The van der Waals surface area contributed by atoms with Crippen LogP contribution in [-0.4, -0.2) is 52.4 Å². The Morgan fingerprint density at radius 1 is 0.962 bits per heavy atom. The monoisotopic (exact) mass is 350 g/mol. The van der Waals surface area contributed by atoms with Gasteiger partial charge < -0.3 is 4.90 Å². The van der Waals surface area contributed by atoms with Crippen molar-refractivity contribution in [2.45, 2.75) is 25.4 Å². The summed E-state index contributed by atoms with van der Waals surface area (Å²) in [6.45, 7) is 2.82. The van der Waals surface area contributed by atoms with Crippen LogP contribution in [0.5, 0.6) is 0 Å². The van der Waals surface area contributed by atoms with Gasteiger partial charge >= 0.3 is 6.03 Å². The Kier molecular flexibility index (Phi) is 4.67. The third-order valence-corrected chi connectivity index (χ3v) is 5.12. The fraction of sp³-hybridized carbons (Fsp3) is 0.350. The van der Waals surface area contributed by atoms with Gasteiger partial charge in [-0.3, -0.25) is 14.7 Å². The van der Waals surface area contributed by atoms with Gasteiger partial charge in [0.25, 0.3) is 5.91 Å². The molecule has 26 heavy (non-hydrogen) atoms. The number of nitrogens with zero attached hydrogens (tertiary/aromatic N) is 4. The lowest BCUT2D eigenvalue weighted by Crippen LogP contribution is -2.46. The highest BCUT2D eigenvalue weighted by Gasteiger charge is 2.41. The number of hydrogen-bond acceptors (Lipinski definition) is 4. The SMILES string of the molecule is O=C1CN(C2CCN(Cc3ccccn3)CC2)C(=O)N1c1ccccc1. The Labute approximate surface area is 153 Å². The second kappa shape index (κ2) is 7.25. The molecule has 0 bridgehead atoms. The van der Waals surface area contributed by atoms with E-state index in [0.717, 1.165) is 38.2 Å². The molecule has 0 aliphatic carbocycles. The lowest BCUT2D eigenvalue weighted by Gasteiger charge is -2.35. The largest absolute Gasteiger partial charge is 0.332 e. The molecule has 3 heterocycles. The molecule has 0 saturated carbocycles. The van der Waals surface area contributed by atoms with Gasteiger partial charge in [-0.2, -0.15) is 0 Å². The molecule has 2 aliphatic rings. The summed E-state index contributed by atoms with van der Waals surface area (Å²) in [5.41, 5.74) is 1.71. The lowest BCUT2D eigenvalue weighted by molar-refractivity contribution is -0.116. The molecule has 2 aromatic rings. The normalized spacial score (nSPS) is 19.4. The Bertz CT molecular complexity index is 773. The van der Waals surface area contributed by atoms with E-state index in [9.17, 15) is 9.59 Å². The fourth-order valence-electron chi connectivity index (χ4n) is 3.75. The number of likely N-dealkylation sites (tertiary alicyclic amines) is 1. The standard InChI is InChI=1S/C20H22N4O2/c25-19-15-23(20(26)24(19)18-7-2-1-3-8-18)17-9-12-22(13-10-17)14-16-6-4-5-11-21-16/h1-8,11,17H,9-10,12-15H2. The van der Waals surface area contributed by atoms with E-state index in [1.807, 2.05) is 42.6 Å². The quantitative estimate of drug-likeness (QED) is 0.795. The molecule has 3 amide bonds. The van der Waals surface area contributed by atoms with Crippen molar-refractivity contribution in [3.63, 3.8) is 0 Å². The van der Waals surface area contributed by atoms with E-state index in [0.29, 0.717) is 5.69 Å². The number of carbonyl (C=O) groups is 2. The predicted octanol–water partition coefficient (Wildman–Crippen LogP) is 2.51. The first-order valence-electron chi connectivity index (χ1n) is 9.03. The maximum Gasteiger partial charge on any atom is 0.332 e. The van der Waals surface area contributed by atoms with Crippen molar-refractivity contribution in [1.29, 1.82) is 0 Å². The summed E-state index contributed by atoms with van der Waals surface area (Å²) in [5, 5.41) is 0. The van der Waals surface area contributed by atoms with Crippen molar-refractivity contribution in [3.05, 3.63) is 60.4 Å². The third-order valence-electron chi connectivity index (χ3n) is 5.12. The van der Waals surface area contributed by atoms with E-state index < -0.39 is 0 Å². The molecule has 2 aliphatic heterocycles. The summed E-state index contributed by atoms with van der Waals surface area (Å²) in [7, 11) is 0. The van der Waals surface area contributed by atoms with Crippen LogP contribution in [0, 0.1) is 0 Å². The minimum absolute atomic E-state index is 0.125. The van der Waals surface area contributed by atoms with E-state index in [4.69, 9.17) is 0 Å². The number of anilines is 1. The maximum atomic E-state index is 12.8. The average Bonchev–Trinajstić information content (AvgIpc) is 2.98. The zero-order valence-corrected chi connectivity index (χ0v) is 14.6. The fourth-order valence-corrected chi connectivity index (χ4v) is 3.75. The number of aromatic nitrogens is 1. The summed E-state index contributed by atoms with van der Waals surface area (Å²) < 4.78 is 0.